The number of aliphatic carboxylic acids is 1. The van der Waals surface area contributed by atoms with Gasteiger partial charge in [0.25, 0.3) is 5.91 Å². The summed E-state index contributed by atoms with van der Waals surface area (Å²) in [4.78, 5) is 21.2. The molecule has 0 aliphatic rings. The summed E-state index contributed by atoms with van der Waals surface area (Å²) in [6.07, 6.45) is -5.79. The predicted octanol–water partition coefficient (Wildman–Crippen LogP) is 2.58. The fraction of sp³-hybridized carbons (Fsp3) is 0.818. The van der Waals surface area contributed by atoms with Gasteiger partial charge in [-0.15, -0.1) is 0 Å². The van der Waals surface area contributed by atoms with Crippen molar-refractivity contribution in [2.24, 2.45) is 5.41 Å². The zero-order chi connectivity index (χ0) is 16.2. The van der Waals surface area contributed by atoms with Crippen LogP contribution >= 0.6 is 0 Å². The lowest BCUT2D eigenvalue weighted by atomic mass is 9.84. The highest BCUT2D eigenvalue weighted by molar-refractivity contribution is 5.84. The summed E-state index contributed by atoms with van der Waals surface area (Å²) in [5, 5.41) is 10.0. The first-order valence-electron chi connectivity index (χ1n) is 5.74. The number of amides is 1. The highest BCUT2D eigenvalue weighted by Crippen LogP contribution is 2.35. The number of nitrogens with one attached hydrogen (secondary N) is 1. The summed E-state index contributed by atoms with van der Waals surface area (Å²) >= 11 is 0. The highest BCUT2D eigenvalue weighted by atomic mass is 19.4. The molecule has 0 aromatic carbocycles. The Balaban J connectivity index is 4.31. The van der Waals surface area contributed by atoms with E-state index in [-0.39, 0.29) is 19.3 Å². The van der Waals surface area contributed by atoms with E-state index in [1.54, 1.807) is 13.8 Å². The molecule has 0 bridgehead atoms. The standard InChI is InChI=1S/C11H16F5NO3/c1-9(2,4-3-7(18)19)5-6-17-8(20)10(12,13)11(14,15)16/h3-6H2,1-2H3,(H,17,20)(H,18,19). The molecule has 0 aliphatic carbocycles. The van der Waals surface area contributed by atoms with E-state index in [0.29, 0.717) is 0 Å². The van der Waals surface area contributed by atoms with E-state index >= 15 is 0 Å². The summed E-state index contributed by atoms with van der Waals surface area (Å²) in [5.74, 6) is -8.87. The monoisotopic (exact) mass is 305 g/mol. The first kappa shape index (κ1) is 18.6. The normalized spacial score (nSPS) is 13.2. The third kappa shape index (κ3) is 5.70. The average Bonchev–Trinajstić information content (AvgIpc) is 2.24. The van der Waals surface area contributed by atoms with Gasteiger partial charge in [0.2, 0.25) is 0 Å². The second-order valence-corrected chi connectivity index (χ2v) is 5.14. The SMILES string of the molecule is CC(C)(CCNC(=O)C(F)(F)C(F)(F)F)CCC(=O)O. The van der Waals surface area contributed by atoms with Gasteiger partial charge in [0.1, 0.15) is 0 Å². The predicted molar refractivity (Wildman–Crippen MR) is 59.3 cm³/mol. The van der Waals surface area contributed by atoms with E-state index in [9.17, 15) is 31.5 Å². The number of carboxylic acid groups (broad SMARTS) is 1. The van der Waals surface area contributed by atoms with Gasteiger partial charge in [-0.3, -0.25) is 9.59 Å². The molecule has 0 aromatic rings. The molecule has 1 amide bonds. The first-order chi connectivity index (χ1) is 8.79. The lowest BCUT2D eigenvalue weighted by Crippen LogP contribution is -2.50. The highest BCUT2D eigenvalue weighted by Gasteiger charge is 2.63. The number of alkyl halides is 5. The zero-order valence-electron chi connectivity index (χ0n) is 11.0. The van der Waals surface area contributed by atoms with E-state index in [1.807, 2.05) is 0 Å². The number of carbonyl (C=O) groups is 2. The van der Waals surface area contributed by atoms with Crippen LogP contribution in [0.2, 0.25) is 0 Å². The number of hydrogen-bond acceptors (Lipinski definition) is 2. The summed E-state index contributed by atoms with van der Waals surface area (Å²) in [5.41, 5.74) is -0.598. The van der Waals surface area contributed by atoms with Crippen LogP contribution in [0.5, 0.6) is 0 Å². The number of carbonyl (C=O) groups excluding carboxylic acids is 1. The molecule has 2 N–H and O–H groups in total. The minimum Gasteiger partial charge on any atom is -0.481 e. The van der Waals surface area contributed by atoms with Gasteiger partial charge in [-0.2, -0.15) is 22.0 Å². The Bertz CT molecular complexity index is 366. The van der Waals surface area contributed by atoms with Crippen LogP contribution in [-0.4, -0.2) is 35.6 Å². The van der Waals surface area contributed by atoms with Crippen LogP contribution in [0.25, 0.3) is 0 Å². The van der Waals surface area contributed by atoms with Gasteiger partial charge in [0, 0.05) is 13.0 Å². The van der Waals surface area contributed by atoms with Crippen LogP contribution in [0.1, 0.15) is 33.1 Å². The quantitative estimate of drug-likeness (QED) is 0.710. The van der Waals surface area contributed by atoms with Crippen LogP contribution in [0.15, 0.2) is 0 Å². The van der Waals surface area contributed by atoms with Crippen molar-refractivity contribution in [1.29, 1.82) is 0 Å². The molecular weight excluding hydrogens is 289 g/mol. The molecule has 0 aliphatic heterocycles. The van der Waals surface area contributed by atoms with Crippen molar-refractivity contribution < 1.29 is 36.6 Å². The van der Waals surface area contributed by atoms with Crippen molar-refractivity contribution in [3.63, 3.8) is 0 Å². The summed E-state index contributed by atoms with van der Waals surface area (Å²) < 4.78 is 60.8. The van der Waals surface area contributed by atoms with E-state index in [2.05, 4.69) is 0 Å². The van der Waals surface area contributed by atoms with E-state index in [0.717, 1.165) is 0 Å². The fourth-order valence-corrected chi connectivity index (χ4v) is 1.32. The van der Waals surface area contributed by atoms with Gasteiger partial charge >= 0.3 is 18.1 Å². The first-order valence-corrected chi connectivity index (χ1v) is 5.74. The van der Waals surface area contributed by atoms with Gasteiger partial charge in [0.05, 0.1) is 0 Å². The van der Waals surface area contributed by atoms with Crippen LogP contribution in [0.4, 0.5) is 22.0 Å². The minimum absolute atomic E-state index is 0.0833. The molecule has 0 rings (SSSR count). The fourth-order valence-electron chi connectivity index (χ4n) is 1.32. The third-order valence-corrected chi connectivity index (χ3v) is 2.74. The molecule has 0 saturated carbocycles. The molecule has 0 aromatic heterocycles. The lowest BCUT2D eigenvalue weighted by Gasteiger charge is -2.25. The Morgan fingerprint density at radius 3 is 1.95 bits per heavy atom. The molecular formula is C11H16F5NO3. The Kier molecular flexibility index (Phi) is 5.91. The Hall–Kier alpha value is -1.41. The van der Waals surface area contributed by atoms with Crippen molar-refractivity contribution in [2.75, 3.05) is 6.54 Å². The molecule has 118 valence electrons. The summed E-state index contributed by atoms with van der Waals surface area (Å²) in [6.45, 7) is 2.87. The molecule has 4 nitrogen and oxygen atoms in total. The third-order valence-electron chi connectivity index (χ3n) is 2.74. The van der Waals surface area contributed by atoms with Crippen molar-refractivity contribution in [3.8, 4) is 0 Å². The lowest BCUT2D eigenvalue weighted by molar-refractivity contribution is -0.269. The van der Waals surface area contributed by atoms with Crippen molar-refractivity contribution in [3.05, 3.63) is 0 Å². The number of carboxylic acids is 1. The Morgan fingerprint density at radius 1 is 1.05 bits per heavy atom. The topological polar surface area (TPSA) is 66.4 Å². The molecule has 0 saturated heterocycles. The Morgan fingerprint density at radius 2 is 1.55 bits per heavy atom. The maximum atomic E-state index is 12.6. The van der Waals surface area contributed by atoms with Gasteiger partial charge < -0.3 is 10.4 Å². The second kappa shape index (κ2) is 6.36. The molecule has 0 heterocycles. The van der Waals surface area contributed by atoms with Gasteiger partial charge in [-0.05, 0) is 18.3 Å². The summed E-state index contributed by atoms with van der Waals surface area (Å²) in [7, 11) is 0. The van der Waals surface area contributed by atoms with E-state index < -0.39 is 35.9 Å². The average molecular weight is 305 g/mol. The van der Waals surface area contributed by atoms with E-state index in [4.69, 9.17) is 5.11 Å². The molecule has 9 heteroatoms. The Labute approximate surface area is 112 Å². The van der Waals surface area contributed by atoms with Gasteiger partial charge in [-0.25, -0.2) is 0 Å². The molecule has 0 unspecified atom stereocenters. The largest absolute Gasteiger partial charge is 0.481 e. The van der Waals surface area contributed by atoms with Crippen molar-refractivity contribution >= 4 is 11.9 Å². The van der Waals surface area contributed by atoms with Crippen molar-refractivity contribution in [1.82, 2.24) is 5.32 Å². The van der Waals surface area contributed by atoms with Crippen LogP contribution in [-0.2, 0) is 9.59 Å². The molecule has 0 spiro atoms. The smallest absolute Gasteiger partial charge is 0.463 e. The summed E-state index contributed by atoms with van der Waals surface area (Å²) in [6, 6.07) is 0. The number of hydrogen-bond donors (Lipinski definition) is 2. The van der Waals surface area contributed by atoms with Crippen molar-refractivity contribution in [2.45, 2.75) is 45.2 Å². The van der Waals surface area contributed by atoms with Crippen LogP contribution < -0.4 is 5.32 Å². The molecule has 0 radical (unpaired) electrons. The molecule has 0 fully saturated rings. The maximum Gasteiger partial charge on any atom is 0.463 e. The minimum atomic E-state index is -5.93. The molecule has 0 atom stereocenters. The number of halogens is 5. The molecule has 20 heavy (non-hydrogen) atoms. The van der Waals surface area contributed by atoms with Gasteiger partial charge in [-0.1, -0.05) is 13.8 Å². The van der Waals surface area contributed by atoms with Gasteiger partial charge in [0.15, 0.2) is 0 Å². The zero-order valence-corrected chi connectivity index (χ0v) is 11.0. The maximum absolute atomic E-state index is 12.6. The number of rotatable bonds is 7. The van der Waals surface area contributed by atoms with E-state index in [1.165, 1.54) is 5.32 Å². The van der Waals surface area contributed by atoms with Crippen LogP contribution in [0, 0.1) is 5.41 Å². The van der Waals surface area contributed by atoms with Crippen LogP contribution in [0.3, 0.4) is 0 Å². The second-order valence-electron chi connectivity index (χ2n) is 5.14.